The quantitative estimate of drug-likeness (QED) is 0.587. The van der Waals surface area contributed by atoms with Gasteiger partial charge in [-0.05, 0) is 24.3 Å². The van der Waals surface area contributed by atoms with Crippen LogP contribution in [0, 0.1) is 0 Å². The number of nitrogens with zero attached hydrogens (tertiary/aromatic N) is 1. The van der Waals surface area contributed by atoms with Crippen LogP contribution in [0.4, 0.5) is 11.4 Å². The smallest absolute Gasteiger partial charge is 0.228 e. The molecule has 1 aliphatic rings. The van der Waals surface area contributed by atoms with Crippen LogP contribution in [0.3, 0.4) is 0 Å². The minimum Gasteiger partial charge on any atom is -0.293 e. The van der Waals surface area contributed by atoms with Gasteiger partial charge in [0.25, 0.3) is 0 Å². The normalized spacial score (nSPS) is 12.6. The third-order valence-electron chi connectivity index (χ3n) is 3.28. The van der Waals surface area contributed by atoms with Crippen LogP contribution in [0.25, 0.3) is 0 Å². The Hall–Kier alpha value is -1.59. The Kier molecular flexibility index (Phi) is 3.87. The molecule has 1 heterocycles. The summed E-state index contributed by atoms with van der Waals surface area (Å²) in [5.74, 6) is -0.0578. The summed E-state index contributed by atoms with van der Waals surface area (Å²) in [5.41, 5.74) is 2.25. The number of rotatable bonds is 2. The van der Waals surface area contributed by atoms with Crippen molar-refractivity contribution < 1.29 is 9.59 Å². The van der Waals surface area contributed by atoms with Crippen LogP contribution in [-0.2, 0) is 4.79 Å². The maximum atomic E-state index is 12.1. The molecular weight excluding hydrogens is 350 g/mol. The van der Waals surface area contributed by atoms with Gasteiger partial charge < -0.3 is 0 Å². The molecule has 0 fully saturated rings. The minimum atomic E-state index is -0.0626. The predicted octanol–water partition coefficient (Wildman–Crippen LogP) is 4.41. The number of ketones is 1. The first-order valence-corrected chi connectivity index (χ1v) is 8.36. The van der Waals surface area contributed by atoms with Gasteiger partial charge in [-0.3, -0.25) is 14.5 Å². The van der Waals surface area contributed by atoms with E-state index in [4.69, 9.17) is 0 Å². The molecule has 0 radical (unpaired) electrons. The number of alkyl halides is 1. The highest BCUT2D eigenvalue weighted by molar-refractivity contribution is 9.09. The van der Waals surface area contributed by atoms with Gasteiger partial charge in [0, 0.05) is 22.3 Å². The molecule has 0 saturated heterocycles. The van der Waals surface area contributed by atoms with Crippen molar-refractivity contribution in [2.75, 3.05) is 10.2 Å². The maximum absolute atomic E-state index is 12.1. The molecule has 0 atom stereocenters. The fraction of sp³-hybridized carbons (Fsp3) is 0.125. The van der Waals surface area contributed by atoms with Gasteiger partial charge in [-0.1, -0.05) is 45.9 Å². The second-order valence-electron chi connectivity index (χ2n) is 4.66. The Balaban J connectivity index is 2.17. The lowest BCUT2D eigenvalue weighted by Crippen LogP contribution is -2.26. The summed E-state index contributed by atoms with van der Waals surface area (Å²) in [6, 6.07) is 13.3. The monoisotopic (exact) mass is 361 g/mol. The summed E-state index contributed by atoms with van der Waals surface area (Å²) in [6.45, 7) is 1.54. The summed E-state index contributed by atoms with van der Waals surface area (Å²) in [5, 5.41) is 0.273. The molecule has 3 nitrogen and oxygen atoms in total. The van der Waals surface area contributed by atoms with Gasteiger partial charge in [-0.2, -0.15) is 0 Å². The molecule has 21 heavy (non-hydrogen) atoms. The summed E-state index contributed by atoms with van der Waals surface area (Å²) in [6.07, 6.45) is 0. The molecule has 0 saturated carbocycles. The second-order valence-corrected chi connectivity index (χ2v) is 6.31. The van der Waals surface area contributed by atoms with E-state index < -0.39 is 0 Å². The molecule has 2 aromatic rings. The molecule has 0 bridgehead atoms. The number of hydrogen-bond donors (Lipinski definition) is 0. The number of Topliss-reactive ketones (excluding diaryl/α,β-unsaturated/α-hetero) is 1. The average molecular weight is 362 g/mol. The van der Waals surface area contributed by atoms with Crippen LogP contribution in [0.5, 0.6) is 0 Å². The number of amides is 1. The standard InChI is InChI=1S/C16H12BrNO2S/c1-10(19)18-12-4-2-3-5-15(12)21-16-7-6-11(8-13(16)18)14(20)9-17/h2-8H,9H2,1H3. The van der Waals surface area contributed by atoms with E-state index in [2.05, 4.69) is 15.9 Å². The second kappa shape index (κ2) is 5.66. The number of para-hydroxylation sites is 1. The number of anilines is 2. The molecule has 0 unspecified atom stereocenters. The van der Waals surface area contributed by atoms with Gasteiger partial charge in [0.15, 0.2) is 5.78 Å². The van der Waals surface area contributed by atoms with Crippen LogP contribution in [0.2, 0.25) is 0 Å². The van der Waals surface area contributed by atoms with Gasteiger partial charge in [0.05, 0.1) is 16.7 Å². The van der Waals surface area contributed by atoms with E-state index in [1.165, 1.54) is 6.92 Å². The topological polar surface area (TPSA) is 37.4 Å². The highest BCUT2D eigenvalue weighted by Gasteiger charge is 2.26. The van der Waals surface area contributed by atoms with Crippen LogP contribution in [0.15, 0.2) is 52.3 Å². The number of fused-ring (bicyclic) bond motifs is 2. The zero-order valence-electron chi connectivity index (χ0n) is 11.3. The number of carbonyl (C=O) groups is 2. The lowest BCUT2D eigenvalue weighted by molar-refractivity contribution is -0.115. The fourth-order valence-corrected chi connectivity index (χ4v) is 3.71. The van der Waals surface area contributed by atoms with E-state index >= 15 is 0 Å². The van der Waals surface area contributed by atoms with Crippen molar-refractivity contribution in [2.45, 2.75) is 16.7 Å². The Morgan fingerprint density at radius 3 is 2.52 bits per heavy atom. The van der Waals surface area contributed by atoms with Crippen LogP contribution in [-0.4, -0.2) is 17.0 Å². The number of halogens is 1. The molecular formula is C16H12BrNO2S. The van der Waals surface area contributed by atoms with E-state index in [1.807, 2.05) is 36.4 Å². The molecule has 1 aliphatic heterocycles. The first-order chi connectivity index (χ1) is 10.1. The van der Waals surface area contributed by atoms with E-state index in [0.717, 1.165) is 21.2 Å². The highest BCUT2D eigenvalue weighted by Crippen LogP contribution is 2.48. The largest absolute Gasteiger partial charge is 0.293 e. The summed E-state index contributed by atoms with van der Waals surface area (Å²) >= 11 is 4.80. The molecule has 0 N–H and O–H groups in total. The molecule has 0 spiro atoms. The maximum Gasteiger partial charge on any atom is 0.228 e. The van der Waals surface area contributed by atoms with Crippen LogP contribution >= 0.6 is 27.7 Å². The van der Waals surface area contributed by atoms with Crippen molar-refractivity contribution in [3.63, 3.8) is 0 Å². The van der Waals surface area contributed by atoms with Gasteiger partial charge >= 0.3 is 0 Å². The van der Waals surface area contributed by atoms with Crippen molar-refractivity contribution in [1.29, 1.82) is 0 Å². The zero-order valence-corrected chi connectivity index (χ0v) is 13.7. The fourth-order valence-electron chi connectivity index (χ4n) is 2.34. The van der Waals surface area contributed by atoms with Crippen molar-refractivity contribution in [3.05, 3.63) is 48.0 Å². The van der Waals surface area contributed by atoms with E-state index in [9.17, 15) is 9.59 Å². The van der Waals surface area contributed by atoms with E-state index in [1.54, 1.807) is 22.7 Å². The van der Waals surface area contributed by atoms with Crippen LogP contribution in [0.1, 0.15) is 17.3 Å². The molecule has 2 aromatic carbocycles. The third kappa shape index (κ3) is 2.51. The molecule has 5 heteroatoms. The number of carbonyl (C=O) groups excluding carboxylic acids is 2. The van der Waals surface area contributed by atoms with Gasteiger partial charge in [-0.15, -0.1) is 0 Å². The Labute approximate surface area is 135 Å². The number of benzene rings is 2. The Bertz CT molecular complexity index is 745. The van der Waals surface area contributed by atoms with Gasteiger partial charge in [0.1, 0.15) is 0 Å². The number of hydrogen-bond acceptors (Lipinski definition) is 3. The van der Waals surface area contributed by atoms with Crippen LogP contribution < -0.4 is 4.90 Å². The molecule has 3 rings (SSSR count). The van der Waals surface area contributed by atoms with Gasteiger partial charge in [-0.25, -0.2) is 0 Å². The lowest BCUT2D eigenvalue weighted by Gasteiger charge is -2.30. The Morgan fingerprint density at radius 2 is 1.81 bits per heavy atom. The Morgan fingerprint density at radius 1 is 1.10 bits per heavy atom. The minimum absolute atomic E-state index is 0.00478. The van der Waals surface area contributed by atoms with Crippen molar-refractivity contribution in [1.82, 2.24) is 0 Å². The van der Waals surface area contributed by atoms with Gasteiger partial charge in [0.2, 0.25) is 5.91 Å². The molecule has 1 amide bonds. The molecule has 106 valence electrons. The van der Waals surface area contributed by atoms with Crippen molar-refractivity contribution in [3.8, 4) is 0 Å². The van der Waals surface area contributed by atoms with Crippen molar-refractivity contribution >= 4 is 50.8 Å². The summed E-state index contributed by atoms with van der Waals surface area (Å²) < 4.78 is 0. The first-order valence-electron chi connectivity index (χ1n) is 6.42. The molecule has 0 aromatic heterocycles. The first kappa shape index (κ1) is 14.4. The van der Waals surface area contributed by atoms with Crippen molar-refractivity contribution in [2.24, 2.45) is 0 Å². The zero-order chi connectivity index (χ0) is 15.0. The SMILES string of the molecule is CC(=O)N1c2ccccc2Sc2ccc(C(=O)CBr)cc21. The third-order valence-corrected chi connectivity index (χ3v) is 4.92. The van der Waals surface area contributed by atoms with E-state index in [0.29, 0.717) is 5.56 Å². The summed E-state index contributed by atoms with van der Waals surface area (Å²) in [7, 11) is 0. The summed E-state index contributed by atoms with van der Waals surface area (Å²) in [4.78, 5) is 27.7. The lowest BCUT2D eigenvalue weighted by atomic mass is 10.1. The molecule has 0 aliphatic carbocycles. The van der Waals surface area contributed by atoms with E-state index in [-0.39, 0.29) is 17.0 Å². The average Bonchev–Trinajstić information content (AvgIpc) is 2.50. The predicted molar refractivity (Wildman–Crippen MR) is 88.0 cm³/mol. The highest BCUT2D eigenvalue weighted by atomic mass is 79.9.